The first-order valence-electron chi connectivity index (χ1n) is 23.3. The Kier molecular flexibility index (Phi) is 42.5. The molecule has 0 aliphatic heterocycles. The Labute approximate surface area is 345 Å². The van der Waals surface area contributed by atoms with Gasteiger partial charge in [0.2, 0.25) is 0 Å². The summed E-state index contributed by atoms with van der Waals surface area (Å²) in [6.07, 6.45) is 53.6. The molecule has 56 heavy (non-hydrogen) atoms. The van der Waals surface area contributed by atoms with Gasteiger partial charge in [-0.05, 0) is 89.9 Å². The molecule has 0 bridgehead atoms. The van der Waals surface area contributed by atoms with Crippen molar-refractivity contribution >= 4 is 17.9 Å². The number of ether oxygens (including phenoxy) is 3. The minimum absolute atomic E-state index is 0.100. The van der Waals surface area contributed by atoms with Crippen molar-refractivity contribution in [2.75, 3.05) is 13.2 Å². The van der Waals surface area contributed by atoms with Crippen LogP contribution < -0.4 is 0 Å². The first kappa shape index (κ1) is 53.1. The molecule has 322 valence electrons. The predicted molar refractivity (Wildman–Crippen MR) is 238 cm³/mol. The zero-order valence-electron chi connectivity index (χ0n) is 36.6. The number of rotatable bonds is 41. The van der Waals surface area contributed by atoms with Crippen LogP contribution in [0.3, 0.4) is 0 Å². The Bertz CT molecular complexity index is 1040. The topological polar surface area (TPSA) is 78.9 Å². The van der Waals surface area contributed by atoms with Gasteiger partial charge in [0, 0.05) is 19.3 Å². The fourth-order valence-electron chi connectivity index (χ4n) is 6.20. The summed E-state index contributed by atoms with van der Waals surface area (Å²) in [5.74, 6) is -0.977. The summed E-state index contributed by atoms with van der Waals surface area (Å²) in [5, 5.41) is 0. The number of esters is 3. The maximum atomic E-state index is 12.7. The summed E-state index contributed by atoms with van der Waals surface area (Å²) < 4.78 is 16.6. The second-order valence-corrected chi connectivity index (χ2v) is 15.3. The minimum Gasteiger partial charge on any atom is -0.462 e. The van der Waals surface area contributed by atoms with Crippen LogP contribution in [0.1, 0.15) is 220 Å². The van der Waals surface area contributed by atoms with Gasteiger partial charge in [0.05, 0.1) is 0 Å². The van der Waals surface area contributed by atoms with Gasteiger partial charge in [-0.25, -0.2) is 0 Å². The molecule has 0 saturated carbocycles. The largest absolute Gasteiger partial charge is 0.462 e. The fraction of sp³-hybridized carbons (Fsp3) is 0.740. The van der Waals surface area contributed by atoms with Crippen molar-refractivity contribution in [1.82, 2.24) is 0 Å². The van der Waals surface area contributed by atoms with Gasteiger partial charge >= 0.3 is 17.9 Å². The van der Waals surface area contributed by atoms with Gasteiger partial charge in [0.15, 0.2) is 6.10 Å². The van der Waals surface area contributed by atoms with Crippen molar-refractivity contribution in [3.8, 4) is 0 Å². The molecule has 1 unspecified atom stereocenters. The van der Waals surface area contributed by atoms with Crippen LogP contribution in [0.15, 0.2) is 60.8 Å². The zero-order chi connectivity index (χ0) is 40.8. The van der Waals surface area contributed by atoms with Crippen LogP contribution in [0.4, 0.5) is 0 Å². The third-order valence-corrected chi connectivity index (χ3v) is 9.73. The van der Waals surface area contributed by atoms with Gasteiger partial charge in [0.25, 0.3) is 0 Å². The van der Waals surface area contributed by atoms with Gasteiger partial charge in [-0.1, -0.05) is 171 Å². The molecule has 0 rings (SSSR count). The van der Waals surface area contributed by atoms with Crippen LogP contribution in [0.25, 0.3) is 0 Å². The normalized spacial score (nSPS) is 12.6. The van der Waals surface area contributed by atoms with E-state index < -0.39 is 6.10 Å². The minimum atomic E-state index is -0.803. The van der Waals surface area contributed by atoms with E-state index in [4.69, 9.17) is 14.2 Å². The maximum Gasteiger partial charge on any atom is 0.306 e. The molecule has 0 radical (unpaired) electrons. The highest BCUT2D eigenvalue weighted by Gasteiger charge is 2.19. The standard InChI is InChI=1S/C50H86O6/c1-4-7-10-13-16-19-22-23-24-25-26-27-29-31-34-37-40-43-49(52)55-46-47(45-54-48(51)42-39-36-33-30-21-18-15-12-9-6-3)56-50(53)44-41-38-35-32-28-20-17-14-11-8-5-2/h8,11,15,17-18,20,23-24,32,35,47H,4-7,9-10,12-14,16,19,21-22,25-31,33-34,36-46H2,1-3H3/b11-8-,18-15-,20-17-,24-23-,35-32-. The van der Waals surface area contributed by atoms with Crippen LogP contribution in [-0.2, 0) is 28.6 Å². The van der Waals surface area contributed by atoms with E-state index in [9.17, 15) is 14.4 Å². The van der Waals surface area contributed by atoms with Crippen molar-refractivity contribution in [1.29, 1.82) is 0 Å². The average Bonchev–Trinajstić information content (AvgIpc) is 3.19. The highest BCUT2D eigenvalue weighted by Crippen LogP contribution is 2.13. The molecular weight excluding hydrogens is 697 g/mol. The fourth-order valence-corrected chi connectivity index (χ4v) is 6.20. The zero-order valence-corrected chi connectivity index (χ0v) is 36.6. The predicted octanol–water partition coefficient (Wildman–Crippen LogP) is 14.9. The number of carbonyl (C=O) groups excluding carboxylic acids is 3. The molecule has 0 aromatic heterocycles. The molecule has 0 aliphatic rings. The molecule has 0 aromatic carbocycles. The van der Waals surface area contributed by atoms with Crippen LogP contribution in [0, 0.1) is 0 Å². The average molecular weight is 783 g/mol. The Hall–Kier alpha value is -2.89. The number of unbranched alkanes of at least 4 members (excludes halogenated alkanes) is 20. The Balaban J connectivity index is 4.39. The SMILES string of the molecule is CC/C=C\C/C=C\C/C=C\CCCC(=O)OC(COC(=O)CCCCCC/C=C\CCCC)COC(=O)CCCCCCCCC/C=C\CCCCCCCC. The summed E-state index contributed by atoms with van der Waals surface area (Å²) in [4.78, 5) is 37.7. The molecule has 1 atom stereocenters. The number of carbonyl (C=O) groups is 3. The van der Waals surface area contributed by atoms with Crippen molar-refractivity contribution in [2.45, 2.75) is 226 Å². The second kappa shape index (κ2) is 44.8. The third-order valence-electron chi connectivity index (χ3n) is 9.73. The van der Waals surface area contributed by atoms with E-state index in [0.29, 0.717) is 19.3 Å². The summed E-state index contributed by atoms with van der Waals surface area (Å²) in [6, 6.07) is 0. The molecular formula is C50H86O6. The Morgan fingerprint density at radius 3 is 1.21 bits per heavy atom. The molecule has 6 nitrogen and oxygen atoms in total. The molecule has 0 heterocycles. The quantitative estimate of drug-likeness (QED) is 0.0266. The lowest BCUT2D eigenvalue weighted by molar-refractivity contribution is -0.167. The van der Waals surface area contributed by atoms with E-state index in [-0.39, 0.29) is 37.5 Å². The monoisotopic (exact) mass is 783 g/mol. The van der Waals surface area contributed by atoms with Gasteiger partial charge in [-0.2, -0.15) is 0 Å². The van der Waals surface area contributed by atoms with Gasteiger partial charge in [0.1, 0.15) is 13.2 Å². The molecule has 0 fully saturated rings. The van der Waals surface area contributed by atoms with Crippen LogP contribution in [-0.4, -0.2) is 37.2 Å². The van der Waals surface area contributed by atoms with E-state index in [1.54, 1.807) is 0 Å². The molecule has 0 saturated heterocycles. The van der Waals surface area contributed by atoms with E-state index in [1.165, 1.54) is 89.9 Å². The van der Waals surface area contributed by atoms with Gasteiger partial charge in [-0.3, -0.25) is 14.4 Å². The summed E-state index contributed by atoms with van der Waals surface area (Å²) >= 11 is 0. The molecule has 0 aromatic rings. The van der Waals surface area contributed by atoms with E-state index in [2.05, 4.69) is 81.5 Å². The van der Waals surface area contributed by atoms with E-state index >= 15 is 0 Å². The number of allylic oxidation sites excluding steroid dienone is 10. The molecule has 0 N–H and O–H groups in total. The van der Waals surface area contributed by atoms with Gasteiger partial charge in [-0.15, -0.1) is 0 Å². The van der Waals surface area contributed by atoms with E-state index in [1.807, 2.05) is 0 Å². The van der Waals surface area contributed by atoms with Crippen molar-refractivity contribution < 1.29 is 28.6 Å². The highest BCUT2D eigenvalue weighted by atomic mass is 16.6. The lowest BCUT2D eigenvalue weighted by Gasteiger charge is -2.18. The molecule has 0 aliphatic carbocycles. The third kappa shape index (κ3) is 42.3. The first-order valence-corrected chi connectivity index (χ1v) is 23.3. The number of hydrogen-bond donors (Lipinski definition) is 0. The van der Waals surface area contributed by atoms with Crippen LogP contribution in [0.5, 0.6) is 0 Å². The highest BCUT2D eigenvalue weighted by molar-refractivity contribution is 5.71. The Morgan fingerprint density at radius 2 is 0.732 bits per heavy atom. The summed E-state index contributed by atoms with van der Waals surface area (Å²) in [5.41, 5.74) is 0. The van der Waals surface area contributed by atoms with E-state index in [0.717, 1.165) is 83.5 Å². The van der Waals surface area contributed by atoms with Gasteiger partial charge < -0.3 is 14.2 Å². The molecule has 0 spiro atoms. The first-order chi connectivity index (χ1) is 27.5. The van der Waals surface area contributed by atoms with Crippen LogP contribution >= 0.6 is 0 Å². The van der Waals surface area contributed by atoms with Crippen molar-refractivity contribution in [3.63, 3.8) is 0 Å². The summed E-state index contributed by atoms with van der Waals surface area (Å²) in [7, 11) is 0. The smallest absolute Gasteiger partial charge is 0.306 e. The lowest BCUT2D eigenvalue weighted by atomic mass is 10.1. The molecule has 0 amide bonds. The molecule has 6 heteroatoms. The number of hydrogen-bond acceptors (Lipinski definition) is 6. The van der Waals surface area contributed by atoms with Crippen LogP contribution in [0.2, 0.25) is 0 Å². The van der Waals surface area contributed by atoms with Crippen molar-refractivity contribution in [2.24, 2.45) is 0 Å². The van der Waals surface area contributed by atoms with Crippen molar-refractivity contribution in [3.05, 3.63) is 60.8 Å². The maximum absolute atomic E-state index is 12.7. The Morgan fingerprint density at radius 1 is 0.375 bits per heavy atom. The second-order valence-electron chi connectivity index (χ2n) is 15.3. The summed E-state index contributed by atoms with van der Waals surface area (Å²) in [6.45, 7) is 6.40. The lowest BCUT2D eigenvalue weighted by Crippen LogP contribution is -2.30.